The van der Waals surface area contributed by atoms with Crippen molar-refractivity contribution in [1.29, 1.82) is 0 Å². The van der Waals surface area contributed by atoms with Gasteiger partial charge in [-0.3, -0.25) is 0 Å². The molecule has 1 fully saturated rings. The van der Waals surface area contributed by atoms with E-state index in [4.69, 9.17) is 0 Å². The summed E-state index contributed by atoms with van der Waals surface area (Å²) >= 11 is 3.00. The van der Waals surface area contributed by atoms with Crippen molar-refractivity contribution < 1.29 is 13.2 Å². The summed E-state index contributed by atoms with van der Waals surface area (Å²) in [4.78, 5) is 0. The third kappa shape index (κ3) is 4.46. The second kappa shape index (κ2) is 7.14. The molecule has 2 rings (SSSR count). The molecule has 0 saturated heterocycles. The Kier molecular flexibility index (Phi) is 5.72. The Hall–Kier alpha value is -0.550. The number of nitrogens with one attached hydrogen (secondary N) is 1. The zero-order valence-electron chi connectivity index (χ0n) is 12.1. The smallest absolute Gasteiger partial charge is 0.310 e. The molecule has 1 atom stereocenters. The topological polar surface area (TPSA) is 12.0 Å². The summed E-state index contributed by atoms with van der Waals surface area (Å²) < 4.78 is 39.2. The molecule has 1 nitrogen and oxygen atoms in total. The second-order valence-corrected chi connectivity index (χ2v) is 6.63. The minimum atomic E-state index is -4.32. The summed E-state index contributed by atoms with van der Waals surface area (Å²) in [6, 6.07) is 4.62. The van der Waals surface area contributed by atoms with Gasteiger partial charge in [-0.1, -0.05) is 48.2 Å². The number of halogens is 4. The first-order valence-corrected chi connectivity index (χ1v) is 8.31. The SMILES string of the molecule is CCCNC(CC1CCC1)c1ccc(Br)c(C(F)(F)F)c1. The highest BCUT2D eigenvalue weighted by Gasteiger charge is 2.34. The van der Waals surface area contributed by atoms with Gasteiger partial charge in [0.05, 0.1) is 5.56 Å². The predicted molar refractivity (Wildman–Crippen MR) is 82.1 cm³/mol. The van der Waals surface area contributed by atoms with Gasteiger partial charge < -0.3 is 5.32 Å². The molecule has 0 aromatic heterocycles. The van der Waals surface area contributed by atoms with Gasteiger partial charge in [0.2, 0.25) is 0 Å². The Morgan fingerprint density at radius 2 is 2.05 bits per heavy atom. The van der Waals surface area contributed by atoms with E-state index < -0.39 is 11.7 Å². The minimum absolute atomic E-state index is 0.0180. The summed E-state index contributed by atoms with van der Waals surface area (Å²) in [6.45, 7) is 2.89. The van der Waals surface area contributed by atoms with Gasteiger partial charge in [0.25, 0.3) is 0 Å². The Bertz CT molecular complexity index is 469. The van der Waals surface area contributed by atoms with E-state index in [1.54, 1.807) is 6.07 Å². The molecule has 0 bridgehead atoms. The second-order valence-electron chi connectivity index (χ2n) is 5.78. The molecule has 1 aliphatic rings. The molecule has 0 spiro atoms. The van der Waals surface area contributed by atoms with E-state index in [-0.39, 0.29) is 10.5 Å². The van der Waals surface area contributed by atoms with Gasteiger partial charge in [0.1, 0.15) is 0 Å². The van der Waals surface area contributed by atoms with Gasteiger partial charge in [-0.15, -0.1) is 0 Å². The molecule has 21 heavy (non-hydrogen) atoms. The van der Waals surface area contributed by atoms with Crippen molar-refractivity contribution in [3.63, 3.8) is 0 Å². The van der Waals surface area contributed by atoms with E-state index in [2.05, 4.69) is 28.2 Å². The van der Waals surface area contributed by atoms with Crippen LogP contribution >= 0.6 is 15.9 Å². The standard InChI is InChI=1S/C16H21BrF3N/c1-2-8-21-15(9-11-4-3-5-11)12-6-7-14(17)13(10-12)16(18,19)20/h6-7,10-11,15,21H,2-5,8-9H2,1H3. The maximum atomic E-state index is 13.0. The molecular weight excluding hydrogens is 343 g/mol. The van der Waals surface area contributed by atoms with E-state index in [1.165, 1.54) is 31.4 Å². The fourth-order valence-electron chi connectivity index (χ4n) is 2.69. The van der Waals surface area contributed by atoms with E-state index in [1.807, 2.05) is 0 Å². The number of benzene rings is 1. The van der Waals surface area contributed by atoms with Crippen LogP contribution in [0.15, 0.2) is 22.7 Å². The van der Waals surface area contributed by atoms with Gasteiger partial charge in [0, 0.05) is 10.5 Å². The van der Waals surface area contributed by atoms with Crippen LogP contribution in [0.2, 0.25) is 0 Å². The molecular formula is C16H21BrF3N. The molecule has 1 aromatic carbocycles. The number of rotatable bonds is 6. The Morgan fingerprint density at radius 1 is 1.33 bits per heavy atom. The third-order valence-electron chi connectivity index (χ3n) is 4.13. The molecule has 1 saturated carbocycles. The highest BCUT2D eigenvalue weighted by molar-refractivity contribution is 9.10. The lowest BCUT2D eigenvalue weighted by atomic mass is 9.79. The zero-order valence-corrected chi connectivity index (χ0v) is 13.7. The van der Waals surface area contributed by atoms with E-state index >= 15 is 0 Å². The molecule has 0 radical (unpaired) electrons. The van der Waals surface area contributed by atoms with Crippen LogP contribution < -0.4 is 5.32 Å². The summed E-state index contributed by atoms with van der Waals surface area (Å²) in [6.07, 6.45) is 1.24. The highest BCUT2D eigenvalue weighted by atomic mass is 79.9. The van der Waals surface area contributed by atoms with Crippen LogP contribution in [0.4, 0.5) is 13.2 Å². The lowest BCUT2D eigenvalue weighted by molar-refractivity contribution is -0.138. The Balaban J connectivity index is 2.21. The van der Waals surface area contributed by atoms with Crippen molar-refractivity contribution in [3.05, 3.63) is 33.8 Å². The van der Waals surface area contributed by atoms with E-state index in [0.717, 1.165) is 24.9 Å². The third-order valence-corrected chi connectivity index (χ3v) is 4.82. The Labute approximate surface area is 132 Å². The van der Waals surface area contributed by atoms with Crippen LogP contribution in [0.3, 0.4) is 0 Å². The molecule has 1 aliphatic carbocycles. The average Bonchev–Trinajstić information content (AvgIpc) is 2.36. The summed E-state index contributed by atoms with van der Waals surface area (Å²) in [5.74, 6) is 0.650. The molecule has 1 aromatic rings. The first-order chi connectivity index (χ1) is 9.91. The molecule has 1 unspecified atom stereocenters. The average molecular weight is 364 g/mol. The number of hydrogen-bond donors (Lipinski definition) is 1. The predicted octanol–water partition coefficient (Wildman–Crippen LogP) is 5.70. The van der Waals surface area contributed by atoms with Crippen LogP contribution in [0.25, 0.3) is 0 Å². The summed E-state index contributed by atoms with van der Waals surface area (Å²) in [5.41, 5.74) is 0.155. The first-order valence-electron chi connectivity index (χ1n) is 7.51. The van der Waals surface area contributed by atoms with Crippen LogP contribution in [-0.2, 0) is 6.18 Å². The summed E-state index contributed by atoms with van der Waals surface area (Å²) in [5, 5.41) is 3.40. The lowest BCUT2D eigenvalue weighted by Gasteiger charge is -2.31. The van der Waals surface area contributed by atoms with Gasteiger partial charge >= 0.3 is 6.18 Å². The van der Waals surface area contributed by atoms with Gasteiger partial charge in [-0.25, -0.2) is 0 Å². The molecule has 0 amide bonds. The van der Waals surface area contributed by atoms with Crippen molar-refractivity contribution in [3.8, 4) is 0 Å². The normalized spacial score (nSPS) is 17.6. The van der Waals surface area contributed by atoms with Crippen LogP contribution in [0.1, 0.15) is 56.2 Å². The van der Waals surface area contributed by atoms with Crippen molar-refractivity contribution in [1.82, 2.24) is 5.32 Å². The number of alkyl halides is 3. The monoisotopic (exact) mass is 363 g/mol. The van der Waals surface area contributed by atoms with Crippen molar-refractivity contribution in [2.75, 3.05) is 6.54 Å². The van der Waals surface area contributed by atoms with Gasteiger partial charge in [0.15, 0.2) is 0 Å². The van der Waals surface area contributed by atoms with Crippen molar-refractivity contribution >= 4 is 15.9 Å². The van der Waals surface area contributed by atoms with Crippen LogP contribution in [-0.4, -0.2) is 6.54 Å². The lowest BCUT2D eigenvalue weighted by Crippen LogP contribution is -2.27. The van der Waals surface area contributed by atoms with E-state index in [0.29, 0.717) is 5.92 Å². The minimum Gasteiger partial charge on any atom is -0.310 e. The molecule has 1 N–H and O–H groups in total. The molecule has 5 heteroatoms. The Morgan fingerprint density at radius 3 is 2.57 bits per heavy atom. The van der Waals surface area contributed by atoms with E-state index in [9.17, 15) is 13.2 Å². The molecule has 0 heterocycles. The largest absolute Gasteiger partial charge is 0.417 e. The van der Waals surface area contributed by atoms with Crippen molar-refractivity contribution in [2.24, 2.45) is 5.92 Å². The summed E-state index contributed by atoms with van der Waals surface area (Å²) in [7, 11) is 0. The molecule has 118 valence electrons. The van der Waals surface area contributed by atoms with Crippen LogP contribution in [0.5, 0.6) is 0 Å². The maximum absolute atomic E-state index is 13.0. The fourth-order valence-corrected chi connectivity index (χ4v) is 3.17. The first kappa shape index (κ1) is 16.8. The van der Waals surface area contributed by atoms with Crippen LogP contribution in [0, 0.1) is 5.92 Å². The van der Waals surface area contributed by atoms with Gasteiger partial charge in [-0.05, 0) is 43.0 Å². The molecule has 0 aliphatic heterocycles. The van der Waals surface area contributed by atoms with Gasteiger partial charge in [-0.2, -0.15) is 13.2 Å². The van der Waals surface area contributed by atoms with Crippen molar-refractivity contribution in [2.45, 2.75) is 51.2 Å². The zero-order chi connectivity index (χ0) is 15.5. The quantitative estimate of drug-likeness (QED) is 0.683. The fraction of sp³-hybridized carbons (Fsp3) is 0.625. The maximum Gasteiger partial charge on any atom is 0.417 e. The highest BCUT2D eigenvalue weighted by Crippen LogP contribution is 2.39. The number of hydrogen-bond acceptors (Lipinski definition) is 1.